The van der Waals surface area contributed by atoms with E-state index < -0.39 is 29.9 Å². The van der Waals surface area contributed by atoms with Gasteiger partial charge < -0.3 is 20.1 Å². The molecule has 1 saturated heterocycles. The zero-order valence-electron chi connectivity index (χ0n) is 7.75. The molecule has 1 aliphatic heterocycles. The molecule has 0 bridgehead atoms. The molecular weight excluding hydrogens is 192 g/mol. The number of rotatable bonds is 2. The van der Waals surface area contributed by atoms with Crippen LogP contribution in [0.25, 0.3) is 0 Å². The van der Waals surface area contributed by atoms with Gasteiger partial charge in [-0.2, -0.15) is 0 Å². The Morgan fingerprint density at radius 1 is 1.15 bits per heavy atom. The van der Waals surface area contributed by atoms with Gasteiger partial charge in [0.25, 0.3) is 0 Å². The lowest BCUT2D eigenvalue weighted by Crippen LogP contribution is -2.55. The molecule has 0 aromatic carbocycles. The summed E-state index contributed by atoms with van der Waals surface area (Å²) in [4.78, 5) is 0. The first kappa shape index (κ1) is 11.3. The van der Waals surface area contributed by atoms with Crippen LogP contribution in [0.3, 0.4) is 0 Å². The van der Waals surface area contributed by atoms with Crippen molar-refractivity contribution in [2.24, 2.45) is 0 Å². The topological polar surface area (TPSA) is 69.9 Å². The number of hydrogen-bond acceptors (Lipinski definition) is 5. The van der Waals surface area contributed by atoms with E-state index >= 15 is 0 Å². The summed E-state index contributed by atoms with van der Waals surface area (Å²) < 4.78 is 5.32. The van der Waals surface area contributed by atoms with E-state index in [1.165, 1.54) is 11.8 Å². The Labute approximate surface area is 81.9 Å². The van der Waals surface area contributed by atoms with Crippen LogP contribution in [-0.4, -0.2) is 50.9 Å². The van der Waals surface area contributed by atoms with Gasteiger partial charge in [-0.1, -0.05) is 6.92 Å². The van der Waals surface area contributed by atoms with E-state index in [-0.39, 0.29) is 0 Å². The van der Waals surface area contributed by atoms with E-state index in [2.05, 4.69) is 0 Å². The van der Waals surface area contributed by atoms with Crippen molar-refractivity contribution in [3.05, 3.63) is 0 Å². The fraction of sp³-hybridized carbons (Fsp3) is 1.00. The number of aliphatic hydroxyl groups excluding tert-OH is 3. The Kier molecular flexibility index (Phi) is 4.00. The Hall–Kier alpha value is 0.190. The summed E-state index contributed by atoms with van der Waals surface area (Å²) in [5.74, 6) is 0.803. The molecule has 13 heavy (non-hydrogen) atoms. The second-order valence-electron chi connectivity index (χ2n) is 3.14. The summed E-state index contributed by atoms with van der Waals surface area (Å²) in [6.45, 7) is 3.63. The van der Waals surface area contributed by atoms with Gasteiger partial charge in [-0.25, -0.2) is 0 Å². The minimum absolute atomic E-state index is 0.428. The van der Waals surface area contributed by atoms with Gasteiger partial charge in [-0.3, -0.25) is 0 Å². The Bertz CT molecular complexity index is 166. The van der Waals surface area contributed by atoms with Crippen molar-refractivity contribution in [2.45, 2.75) is 43.7 Å². The second-order valence-corrected chi connectivity index (χ2v) is 4.51. The van der Waals surface area contributed by atoms with Crippen molar-refractivity contribution in [3.8, 4) is 0 Å². The maximum absolute atomic E-state index is 9.50. The van der Waals surface area contributed by atoms with Gasteiger partial charge in [-0.15, -0.1) is 11.8 Å². The normalized spacial score (nSPS) is 46.4. The van der Waals surface area contributed by atoms with Gasteiger partial charge in [0.1, 0.15) is 23.7 Å². The summed E-state index contributed by atoms with van der Waals surface area (Å²) in [5, 5.41) is 28.3. The molecule has 0 aliphatic carbocycles. The van der Waals surface area contributed by atoms with Crippen LogP contribution >= 0.6 is 11.8 Å². The maximum Gasteiger partial charge on any atom is 0.132 e. The number of aliphatic hydroxyl groups is 3. The molecule has 0 saturated carbocycles. The molecule has 0 aromatic heterocycles. The average Bonchev–Trinajstić information content (AvgIpc) is 2.11. The van der Waals surface area contributed by atoms with Crippen LogP contribution in [-0.2, 0) is 4.74 Å². The van der Waals surface area contributed by atoms with E-state index in [0.29, 0.717) is 0 Å². The van der Waals surface area contributed by atoms with Crippen molar-refractivity contribution in [3.63, 3.8) is 0 Å². The van der Waals surface area contributed by atoms with E-state index in [4.69, 9.17) is 4.74 Å². The highest BCUT2D eigenvalue weighted by molar-refractivity contribution is 7.99. The molecular formula is C8H16O4S. The first-order valence-corrected chi connectivity index (χ1v) is 5.44. The largest absolute Gasteiger partial charge is 0.388 e. The fourth-order valence-electron chi connectivity index (χ4n) is 1.32. The van der Waals surface area contributed by atoms with Crippen LogP contribution in [0.5, 0.6) is 0 Å². The Morgan fingerprint density at radius 2 is 1.77 bits per heavy atom. The lowest BCUT2D eigenvalue weighted by molar-refractivity contribution is -0.192. The second kappa shape index (κ2) is 4.61. The van der Waals surface area contributed by atoms with Crippen LogP contribution < -0.4 is 0 Å². The van der Waals surface area contributed by atoms with Crippen molar-refractivity contribution < 1.29 is 20.1 Å². The van der Waals surface area contributed by atoms with Crippen molar-refractivity contribution in [1.82, 2.24) is 0 Å². The Balaban J connectivity index is 2.59. The number of ether oxygens (including phenoxy) is 1. The van der Waals surface area contributed by atoms with Crippen molar-refractivity contribution in [2.75, 3.05) is 5.75 Å². The molecule has 5 atom stereocenters. The van der Waals surface area contributed by atoms with Crippen molar-refractivity contribution in [1.29, 1.82) is 0 Å². The molecule has 3 N–H and O–H groups in total. The number of thioether (sulfide) groups is 1. The first-order valence-electron chi connectivity index (χ1n) is 4.39. The molecule has 0 amide bonds. The van der Waals surface area contributed by atoms with Crippen LogP contribution in [0.1, 0.15) is 13.8 Å². The molecule has 1 fully saturated rings. The molecule has 4 nitrogen and oxygen atoms in total. The summed E-state index contributed by atoms with van der Waals surface area (Å²) in [7, 11) is 0. The van der Waals surface area contributed by atoms with Crippen molar-refractivity contribution >= 4 is 11.8 Å². The molecule has 0 spiro atoms. The Morgan fingerprint density at radius 3 is 2.31 bits per heavy atom. The standard InChI is InChI=1S/C8H16O4S/c1-3-13-8-7(11)6(10)5(9)4(2)12-8/h4-11H,3H2,1-2H3/t4?,5-,6?,7+,8-/m1/s1. The van der Waals surface area contributed by atoms with Gasteiger partial charge in [-0.05, 0) is 12.7 Å². The molecule has 0 aromatic rings. The highest BCUT2D eigenvalue weighted by Gasteiger charge is 2.41. The average molecular weight is 208 g/mol. The minimum Gasteiger partial charge on any atom is -0.388 e. The third-order valence-electron chi connectivity index (χ3n) is 2.14. The quantitative estimate of drug-likeness (QED) is 0.574. The zero-order chi connectivity index (χ0) is 10.0. The molecule has 1 rings (SSSR count). The van der Waals surface area contributed by atoms with E-state index in [9.17, 15) is 15.3 Å². The van der Waals surface area contributed by atoms with Gasteiger partial charge in [0.05, 0.1) is 6.10 Å². The van der Waals surface area contributed by atoms with E-state index in [0.717, 1.165) is 5.75 Å². The van der Waals surface area contributed by atoms with E-state index in [1.807, 2.05) is 6.92 Å². The fourth-order valence-corrected chi connectivity index (χ4v) is 2.26. The van der Waals surface area contributed by atoms with Crippen LogP contribution in [0.15, 0.2) is 0 Å². The molecule has 0 radical (unpaired) electrons. The zero-order valence-corrected chi connectivity index (χ0v) is 8.57. The van der Waals surface area contributed by atoms with Gasteiger partial charge in [0.2, 0.25) is 0 Å². The lowest BCUT2D eigenvalue weighted by Gasteiger charge is -2.38. The van der Waals surface area contributed by atoms with Gasteiger partial charge in [0, 0.05) is 0 Å². The predicted octanol–water partition coefficient (Wildman–Crippen LogP) is -0.433. The summed E-state index contributed by atoms with van der Waals surface area (Å²) >= 11 is 1.43. The summed E-state index contributed by atoms with van der Waals surface area (Å²) in [6, 6.07) is 0. The summed E-state index contributed by atoms with van der Waals surface area (Å²) in [6.07, 6.45) is -3.53. The molecule has 1 aliphatic rings. The van der Waals surface area contributed by atoms with Gasteiger partial charge in [0.15, 0.2) is 0 Å². The molecule has 1 heterocycles. The van der Waals surface area contributed by atoms with E-state index in [1.54, 1.807) is 6.92 Å². The highest BCUT2D eigenvalue weighted by atomic mass is 32.2. The van der Waals surface area contributed by atoms with Crippen LogP contribution in [0, 0.1) is 0 Å². The highest BCUT2D eigenvalue weighted by Crippen LogP contribution is 2.27. The summed E-state index contributed by atoms with van der Waals surface area (Å²) in [5.41, 5.74) is -0.432. The third-order valence-corrected chi connectivity index (χ3v) is 3.19. The number of hydrogen-bond donors (Lipinski definition) is 3. The predicted molar refractivity (Wildman–Crippen MR) is 50.5 cm³/mol. The molecule has 78 valence electrons. The molecule has 2 unspecified atom stereocenters. The minimum atomic E-state index is -1.10. The smallest absolute Gasteiger partial charge is 0.132 e. The first-order chi connectivity index (χ1) is 6.07. The third kappa shape index (κ3) is 2.35. The lowest BCUT2D eigenvalue weighted by atomic mass is 10.0. The SMILES string of the molecule is CCS[C@H]1OC(C)[C@@H](O)C(O)[C@@H]1O. The maximum atomic E-state index is 9.50. The van der Waals surface area contributed by atoms with Gasteiger partial charge >= 0.3 is 0 Å². The van der Waals surface area contributed by atoms with Crippen LogP contribution in [0.4, 0.5) is 0 Å². The molecule has 5 heteroatoms. The van der Waals surface area contributed by atoms with Crippen LogP contribution in [0.2, 0.25) is 0 Å². The monoisotopic (exact) mass is 208 g/mol.